The molecule has 0 aromatic heterocycles. The fourth-order valence-corrected chi connectivity index (χ4v) is 6.84. The molecule has 8 nitrogen and oxygen atoms in total. The Labute approximate surface area is 223 Å². The summed E-state index contributed by atoms with van der Waals surface area (Å²) in [6.45, 7) is 3.06. The summed E-state index contributed by atoms with van der Waals surface area (Å²) in [5.74, 6) is -1.11. The number of nitrogens with zero attached hydrogens (tertiary/aromatic N) is 1. The van der Waals surface area contributed by atoms with Gasteiger partial charge in [-0.3, -0.25) is 13.8 Å². The highest BCUT2D eigenvalue weighted by molar-refractivity contribution is 7.87. The molecule has 4 atom stereocenters. The summed E-state index contributed by atoms with van der Waals surface area (Å²) in [7, 11) is -1.63. The Morgan fingerprint density at radius 2 is 1.45 bits per heavy atom. The van der Waals surface area contributed by atoms with Crippen LogP contribution < -0.4 is 10.1 Å². The van der Waals surface area contributed by atoms with E-state index >= 15 is 0 Å². The summed E-state index contributed by atoms with van der Waals surface area (Å²) in [6, 6.07) is 25.4. The second-order valence-corrected chi connectivity index (χ2v) is 11.9. The summed E-state index contributed by atoms with van der Waals surface area (Å²) in [4.78, 5) is 40.6. The predicted octanol–water partition coefficient (Wildman–Crippen LogP) is 2.96. The summed E-state index contributed by atoms with van der Waals surface area (Å²) in [5.41, 5.74) is 1.55. The summed E-state index contributed by atoms with van der Waals surface area (Å²) in [5, 5.41) is 1.80. The Hall–Kier alpha value is -3.98. The van der Waals surface area contributed by atoms with E-state index in [0.29, 0.717) is 5.75 Å². The molecule has 3 aromatic rings. The van der Waals surface area contributed by atoms with Gasteiger partial charge in [-0.2, -0.15) is 0 Å². The molecule has 0 unspecified atom stereocenters. The maximum absolute atomic E-state index is 13.6. The van der Waals surface area contributed by atoms with Gasteiger partial charge in [0.25, 0.3) is 5.91 Å². The van der Waals surface area contributed by atoms with Crippen molar-refractivity contribution < 1.29 is 28.1 Å². The third kappa shape index (κ3) is 4.69. The molecule has 0 aliphatic carbocycles. The zero-order valence-corrected chi connectivity index (χ0v) is 21.8. The van der Waals surface area contributed by atoms with Gasteiger partial charge in [0, 0.05) is 0 Å². The number of carbonyl (C=O) groups excluding carboxylic acids is 3. The summed E-state index contributed by atoms with van der Waals surface area (Å²) in [6.07, 6.45) is -0.699. The maximum Gasteiger partial charge on any atom is 0.331 e. The number of benzene rings is 3. The Morgan fingerprint density at radius 1 is 0.921 bits per heavy atom. The molecule has 196 valence electrons. The molecule has 2 saturated heterocycles. The smallest absolute Gasteiger partial charge is 0.331 e. The van der Waals surface area contributed by atoms with E-state index in [4.69, 9.17) is 9.47 Å². The van der Waals surface area contributed by atoms with E-state index < -0.39 is 56.9 Å². The Morgan fingerprint density at radius 3 is 2.00 bits per heavy atom. The minimum atomic E-state index is -1.63. The molecule has 0 saturated carbocycles. The molecule has 9 heteroatoms. The molecule has 2 fully saturated rings. The molecule has 0 bridgehead atoms. The second-order valence-electron chi connectivity index (χ2n) is 9.72. The predicted molar refractivity (Wildman–Crippen MR) is 141 cm³/mol. The van der Waals surface area contributed by atoms with E-state index in [2.05, 4.69) is 5.32 Å². The van der Waals surface area contributed by atoms with Crippen LogP contribution in [0.3, 0.4) is 0 Å². The lowest BCUT2D eigenvalue weighted by Gasteiger charge is -2.43. The van der Waals surface area contributed by atoms with Crippen molar-refractivity contribution in [2.24, 2.45) is 0 Å². The molecule has 0 radical (unpaired) electrons. The standard InChI is InChI=1S/C29H28N2O6S/c1-29(2)25(28(34)37-24(19-12-6-3-7-13-19)20-14-8-4-9-15-20)31-26(33)23(27(31)38(29)35)30-22(32)18-36-21-16-10-5-11-17-21/h3-17,23-25,27H,18H2,1-2H3,(H,30,32)/t23-,25+,27-,38+/m1/s1. The Bertz CT molecular complexity index is 1310. The first-order chi connectivity index (χ1) is 18.3. The van der Waals surface area contributed by atoms with E-state index in [1.165, 1.54) is 4.90 Å². The number of amides is 2. The van der Waals surface area contributed by atoms with Crippen molar-refractivity contribution in [3.8, 4) is 5.75 Å². The zero-order valence-electron chi connectivity index (χ0n) is 21.0. The number of ether oxygens (including phenoxy) is 2. The van der Waals surface area contributed by atoms with Gasteiger partial charge in [0.05, 0.1) is 15.5 Å². The van der Waals surface area contributed by atoms with Crippen LogP contribution in [0.4, 0.5) is 0 Å². The lowest BCUT2D eigenvalue weighted by Crippen LogP contribution is -2.72. The molecule has 0 spiro atoms. The molecule has 2 aliphatic rings. The molecule has 5 rings (SSSR count). The first-order valence-corrected chi connectivity index (χ1v) is 13.5. The number of rotatable bonds is 8. The highest BCUT2D eigenvalue weighted by Crippen LogP contribution is 2.44. The fourth-order valence-electron chi connectivity index (χ4n) is 4.92. The molecular weight excluding hydrogens is 504 g/mol. The largest absolute Gasteiger partial charge is 0.484 e. The maximum atomic E-state index is 13.6. The first kappa shape index (κ1) is 25.7. The number of hydrogen-bond donors (Lipinski definition) is 1. The van der Waals surface area contributed by atoms with E-state index in [9.17, 15) is 18.6 Å². The Kier molecular flexibility index (Phi) is 7.03. The van der Waals surface area contributed by atoms with Gasteiger partial charge in [0.15, 0.2) is 12.7 Å². The van der Waals surface area contributed by atoms with E-state index in [0.717, 1.165) is 11.1 Å². The average Bonchev–Trinajstić information content (AvgIpc) is 3.13. The van der Waals surface area contributed by atoms with Gasteiger partial charge >= 0.3 is 5.97 Å². The van der Waals surface area contributed by atoms with Crippen molar-refractivity contribution in [1.82, 2.24) is 10.2 Å². The lowest BCUT2D eigenvalue weighted by atomic mass is 9.95. The van der Waals surface area contributed by atoms with Gasteiger partial charge in [-0.05, 0) is 37.1 Å². The van der Waals surface area contributed by atoms with Crippen molar-refractivity contribution in [2.75, 3.05) is 6.61 Å². The number of fused-ring (bicyclic) bond motifs is 1. The van der Waals surface area contributed by atoms with Crippen LogP contribution in [-0.4, -0.2) is 55.7 Å². The minimum absolute atomic E-state index is 0.294. The second kappa shape index (κ2) is 10.4. The quantitative estimate of drug-likeness (QED) is 0.354. The number of β-lactam (4-membered cyclic amide) rings is 1. The van der Waals surface area contributed by atoms with Gasteiger partial charge in [-0.15, -0.1) is 0 Å². The van der Waals surface area contributed by atoms with Crippen molar-refractivity contribution in [3.63, 3.8) is 0 Å². The van der Waals surface area contributed by atoms with Gasteiger partial charge < -0.3 is 19.7 Å². The third-order valence-corrected chi connectivity index (χ3v) is 9.04. The number of carbonyl (C=O) groups is 3. The minimum Gasteiger partial charge on any atom is -0.484 e. The van der Waals surface area contributed by atoms with Crippen LogP contribution in [-0.2, 0) is 29.9 Å². The van der Waals surface area contributed by atoms with Crippen LogP contribution in [0.2, 0.25) is 0 Å². The van der Waals surface area contributed by atoms with Crippen LogP contribution in [0.25, 0.3) is 0 Å². The topological polar surface area (TPSA) is 102 Å². The van der Waals surface area contributed by atoms with E-state index in [1.54, 1.807) is 38.1 Å². The zero-order chi connectivity index (χ0) is 26.9. The van der Waals surface area contributed by atoms with Gasteiger partial charge in [0.2, 0.25) is 5.91 Å². The monoisotopic (exact) mass is 532 g/mol. The molecular formula is C29H28N2O6S. The third-order valence-electron chi connectivity index (χ3n) is 6.85. The van der Waals surface area contributed by atoms with Gasteiger partial charge in [-0.1, -0.05) is 78.9 Å². The van der Waals surface area contributed by atoms with E-state index in [-0.39, 0.29) is 6.61 Å². The van der Waals surface area contributed by atoms with E-state index in [1.807, 2.05) is 66.7 Å². The van der Waals surface area contributed by atoms with Crippen LogP contribution in [0.1, 0.15) is 31.1 Å². The number of hydrogen-bond acceptors (Lipinski definition) is 6. The number of esters is 1. The molecule has 1 N–H and O–H groups in total. The summed E-state index contributed by atoms with van der Waals surface area (Å²) < 4.78 is 23.9. The van der Waals surface area contributed by atoms with Crippen molar-refractivity contribution in [3.05, 3.63) is 102 Å². The lowest BCUT2D eigenvalue weighted by molar-refractivity contribution is -0.166. The van der Waals surface area contributed by atoms with Crippen molar-refractivity contribution >= 4 is 28.6 Å². The highest BCUT2D eigenvalue weighted by Gasteiger charge is 2.68. The number of nitrogens with one attached hydrogen (secondary N) is 1. The normalized spacial score (nSPS) is 23.3. The SMILES string of the molecule is CC1(C)[C@H](C(=O)OC(c2ccccc2)c2ccccc2)N2C(=O)[C@@H](NC(=O)COc3ccccc3)[C@H]2[S@@]1=O. The average molecular weight is 533 g/mol. The molecule has 3 aromatic carbocycles. The highest BCUT2D eigenvalue weighted by atomic mass is 32.2. The van der Waals surface area contributed by atoms with Crippen molar-refractivity contribution in [2.45, 2.75) is 42.2 Å². The molecule has 2 amide bonds. The van der Waals surface area contributed by atoms with Crippen LogP contribution in [0.15, 0.2) is 91.0 Å². The molecule has 2 heterocycles. The fraction of sp³-hybridized carbons (Fsp3) is 0.276. The molecule has 38 heavy (non-hydrogen) atoms. The first-order valence-electron chi connectivity index (χ1n) is 12.3. The van der Waals surface area contributed by atoms with Gasteiger partial charge in [-0.25, -0.2) is 4.79 Å². The Balaban J connectivity index is 1.32. The number of para-hydroxylation sites is 1. The van der Waals surface area contributed by atoms with Crippen LogP contribution in [0.5, 0.6) is 5.75 Å². The summed E-state index contributed by atoms with van der Waals surface area (Å²) >= 11 is 0. The van der Waals surface area contributed by atoms with Gasteiger partial charge in [0.1, 0.15) is 23.2 Å². The van der Waals surface area contributed by atoms with Crippen LogP contribution >= 0.6 is 0 Å². The van der Waals surface area contributed by atoms with Crippen LogP contribution in [0, 0.1) is 0 Å². The molecule has 2 aliphatic heterocycles. The van der Waals surface area contributed by atoms with Crippen molar-refractivity contribution in [1.29, 1.82) is 0 Å².